The topological polar surface area (TPSA) is 149 Å². The maximum Gasteiger partial charge on any atom is 0.407 e. The van der Waals surface area contributed by atoms with Crippen LogP contribution in [0.3, 0.4) is 0 Å². The van der Waals surface area contributed by atoms with Crippen LogP contribution in [0, 0.1) is 11.3 Å². The van der Waals surface area contributed by atoms with E-state index in [1.165, 1.54) is 0 Å². The Bertz CT molecular complexity index is 644. The first-order valence-electron chi connectivity index (χ1n) is 7.94. The number of carbonyl (C=O) groups is 3. The van der Waals surface area contributed by atoms with Crippen molar-refractivity contribution >= 4 is 18.0 Å². The van der Waals surface area contributed by atoms with E-state index in [-0.39, 0.29) is 26.0 Å². The van der Waals surface area contributed by atoms with E-state index in [4.69, 9.17) is 15.1 Å². The second-order valence-electron chi connectivity index (χ2n) is 5.46. The van der Waals surface area contributed by atoms with Gasteiger partial charge in [-0.05, 0) is 12.0 Å². The highest BCUT2D eigenvalue weighted by Crippen LogP contribution is 2.01. The minimum Gasteiger partial charge on any atom is -0.480 e. The predicted octanol–water partition coefficient (Wildman–Crippen LogP) is 0.537. The number of aliphatic hydroxyl groups is 1. The van der Waals surface area contributed by atoms with Gasteiger partial charge in [0.15, 0.2) is 0 Å². The van der Waals surface area contributed by atoms with Crippen LogP contribution in [0.4, 0.5) is 4.79 Å². The van der Waals surface area contributed by atoms with Gasteiger partial charge >= 0.3 is 12.1 Å². The molecule has 0 bridgehead atoms. The Kier molecular flexibility index (Phi) is 9.20. The maximum atomic E-state index is 11.7. The summed E-state index contributed by atoms with van der Waals surface area (Å²) in [4.78, 5) is 34.2. The van der Waals surface area contributed by atoms with Gasteiger partial charge in [-0.2, -0.15) is 5.26 Å². The second kappa shape index (κ2) is 11.4. The number of carboxylic acids is 1. The van der Waals surface area contributed by atoms with Gasteiger partial charge in [0.05, 0.1) is 18.6 Å². The average Bonchev–Trinajstić information content (AvgIpc) is 2.62. The summed E-state index contributed by atoms with van der Waals surface area (Å²) in [7, 11) is 0. The van der Waals surface area contributed by atoms with Gasteiger partial charge in [-0.25, -0.2) is 9.59 Å². The lowest BCUT2D eigenvalue weighted by Crippen LogP contribution is -2.43. The Hall–Kier alpha value is -3.12. The third kappa shape index (κ3) is 8.65. The van der Waals surface area contributed by atoms with Crippen molar-refractivity contribution in [1.82, 2.24) is 10.6 Å². The summed E-state index contributed by atoms with van der Waals surface area (Å²) in [5.41, 5.74) is 0.805. The van der Waals surface area contributed by atoms with Crippen LogP contribution >= 0.6 is 0 Å². The van der Waals surface area contributed by atoms with Crippen molar-refractivity contribution in [1.29, 1.82) is 5.26 Å². The van der Waals surface area contributed by atoms with E-state index in [2.05, 4.69) is 10.6 Å². The standard InChI is InChI=1S/C17H21N3O6/c18-8-4-7-14(16(23)24)20-15(22)9-13(21)10-19-17(25)26-11-12-5-2-1-3-6-12/h1-3,5-6,13-14,21H,4,7,9-11H2,(H,19,25)(H,20,22)(H,23,24)/t13-,14-/m0/s1. The zero-order valence-electron chi connectivity index (χ0n) is 14.1. The molecule has 0 heterocycles. The average molecular weight is 363 g/mol. The molecule has 9 heteroatoms. The molecule has 1 rings (SSSR count). The van der Waals surface area contributed by atoms with E-state index in [1.54, 1.807) is 30.3 Å². The Morgan fingerprint density at radius 3 is 2.54 bits per heavy atom. The van der Waals surface area contributed by atoms with Gasteiger partial charge in [-0.15, -0.1) is 0 Å². The minimum absolute atomic E-state index is 0.0192. The highest BCUT2D eigenvalue weighted by Gasteiger charge is 2.21. The summed E-state index contributed by atoms with van der Waals surface area (Å²) in [6.45, 7) is -0.153. The molecule has 4 N–H and O–H groups in total. The van der Waals surface area contributed by atoms with Crippen LogP contribution in [-0.2, 0) is 20.9 Å². The van der Waals surface area contributed by atoms with Crippen molar-refractivity contribution in [2.45, 2.75) is 38.0 Å². The van der Waals surface area contributed by atoms with Gasteiger partial charge in [0.1, 0.15) is 12.6 Å². The first kappa shape index (κ1) is 20.9. The molecule has 0 aliphatic rings. The number of carboxylic acid groups (broad SMARTS) is 1. The first-order valence-corrected chi connectivity index (χ1v) is 7.94. The van der Waals surface area contributed by atoms with Crippen molar-refractivity contribution in [3.8, 4) is 6.07 Å². The summed E-state index contributed by atoms with van der Waals surface area (Å²) in [5.74, 6) is -1.95. The third-order valence-electron chi connectivity index (χ3n) is 3.29. The lowest BCUT2D eigenvalue weighted by atomic mass is 10.1. The molecule has 26 heavy (non-hydrogen) atoms. The number of amides is 2. The Labute approximate surface area is 150 Å². The van der Waals surface area contributed by atoms with Crippen LogP contribution < -0.4 is 10.6 Å². The number of hydrogen-bond donors (Lipinski definition) is 4. The molecule has 0 fully saturated rings. The first-order chi connectivity index (χ1) is 12.4. The van der Waals surface area contributed by atoms with Crippen molar-refractivity contribution in [2.24, 2.45) is 0 Å². The molecule has 0 aliphatic carbocycles. The van der Waals surface area contributed by atoms with E-state index < -0.39 is 36.5 Å². The number of aliphatic hydroxyl groups excluding tert-OH is 1. The smallest absolute Gasteiger partial charge is 0.407 e. The van der Waals surface area contributed by atoms with Gasteiger partial charge in [0.2, 0.25) is 5.91 Å². The number of hydrogen-bond acceptors (Lipinski definition) is 6. The number of rotatable bonds is 10. The summed E-state index contributed by atoms with van der Waals surface area (Å²) in [5, 5.41) is 31.7. The molecule has 0 radical (unpaired) electrons. The molecule has 1 aromatic rings. The summed E-state index contributed by atoms with van der Waals surface area (Å²) >= 11 is 0. The fraction of sp³-hybridized carbons (Fsp3) is 0.412. The summed E-state index contributed by atoms with van der Waals surface area (Å²) in [6, 6.07) is 9.63. The van der Waals surface area contributed by atoms with Crippen molar-refractivity contribution in [2.75, 3.05) is 6.54 Å². The zero-order valence-corrected chi connectivity index (χ0v) is 14.1. The number of benzene rings is 1. The SMILES string of the molecule is N#CCC[C@H](NC(=O)C[C@H](O)CNC(=O)OCc1ccccc1)C(=O)O. The highest BCUT2D eigenvalue weighted by molar-refractivity contribution is 5.83. The number of aliphatic carboxylic acids is 1. The molecule has 0 spiro atoms. The zero-order chi connectivity index (χ0) is 19.4. The number of carbonyl (C=O) groups excluding carboxylic acids is 2. The van der Waals surface area contributed by atoms with Crippen LogP contribution in [0.5, 0.6) is 0 Å². The van der Waals surface area contributed by atoms with Gasteiger partial charge in [-0.3, -0.25) is 4.79 Å². The number of nitrogens with one attached hydrogen (secondary N) is 2. The molecule has 0 aromatic heterocycles. The monoisotopic (exact) mass is 363 g/mol. The van der Waals surface area contributed by atoms with Crippen LogP contribution in [0.25, 0.3) is 0 Å². The van der Waals surface area contributed by atoms with Crippen molar-refractivity contribution < 1.29 is 29.3 Å². The Balaban J connectivity index is 2.28. The summed E-state index contributed by atoms with van der Waals surface area (Å²) < 4.78 is 4.95. The Morgan fingerprint density at radius 1 is 1.23 bits per heavy atom. The fourth-order valence-corrected chi connectivity index (χ4v) is 1.98. The molecule has 9 nitrogen and oxygen atoms in total. The minimum atomic E-state index is -1.26. The Morgan fingerprint density at radius 2 is 1.92 bits per heavy atom. The molecule has 0 unspecified atom stereocenters. The number of nitrogens with zero attached hydrogens (tertiary/aromatic N) is 1. The summed E-state index contributed by atoms with van der Waals surface area (Å²) in [6.07, 6.45) is -2.39. The molecule has 2 atom stereocenters. The largest absolute Gasteiger partial charge is 0.480 e. The van der Waals surface area contributed by atoms with E-state index in [9.17, 15) is 19.5 Å². The number of ether oxygens (including phenoxy) is 1. The van der Waals surface area contributed by atoms with E-state index in [1.807, 2.05) is 6.07 Å². The van der Waals surface area contributed by atoms with Crippen molar-refractivity contribution in [3.05, 3.63) is 35.9 Å². The molecular weight excluding hydrogens is 342 g/mol. The molecule has 0 saturated heterocycles. The van der Waals surface area contributed by atoms with Gasteiger partial charge < -0.3 is 25.6 Å². The number of alkyl carbamates (subject to hydrolysis) is 1. The van der Waals surface area contributed by atoms with Crippen molar-refractivity contribution in [3.63, 3.8) is 0 Å². The highest BCUT2D eigenvalue weighted by atomic mass is 16.5. The predicted molar refractivity (Wildman–Crippen MR) is 89.7 cm³/mol. The lowest BCUT2D eigenvalue weighted by molar-refractivity contribution is -0.142. The second-order valence-corrected chi connectivity index (χ2v) is 5.46. The fourth-order valence-electron chi connectivity index (χ4n) is 1.98. The van der Waals surface area contributed by atoms with Gasteiger partial charge in [-0.1, -0.05) is 30.3 Å². The molecule has 2 amide bonds. The quantitative estimate of drug-likeness (QED) is 0.474. The van der Waals surface area contributed by atoms with Crippen LogP contribution in [0.2, 0.25) is 0 Å². The number of nitriles is 1. The van der Waals surface area contributed by atoms with Crippen LogP contribution in [-0.4, -0.2) is 46.9 Å². The van der Waals surface area contributed by atoms with E-state index in [0.29, 0.717) is 0 Å². The van der Waals surface area contributed by atoms with Crippen LogP contribution in [0.15, 0.2) is 30.3 Å². The molecule has 140 valence electrons. The van der Waals surface area contributed by atoms with Crippen LogP contribution in [0.1, 0.15) is 24.8 Å². The molecule has 1 aromatic carbocycles. The lowest BCUT2D eigenvalue weighted by Gasteiger charge is -2.15. The van der Waals surface area contributed by atoms with E-state index >= 15 is 0 Å². The molecular formula is C17H21N3O6. The molecule has 0 aliphatic heterocycles. The van der Waals surface area contributed by atoms with Gasteiger partial charge in [0, 0.05) is 13.0 Å². The third-order valence-corrected chi connectivity index (χ3v) is 3.29. The normalized spacial score (nSPS) is 12.3. The maximum absolute atomic E-state index is 11.7. The van der Waals surface area contributed by atoms with E-state index in [0.717, 1.165) is 5.56 Å². The van der Waals surface area contributed by atoms with Gasteiger partial charge in [0.25, 0.3) is 0 Å². The molecule has 0 saturated carbocycles.